The normalized spacial score (nSPS) is 10.2. The van der Waals surface area contributed by atoms with Crippen LogP contribution in [0.25, 0.3) is 0 Å². The maximum Gasteiger partial charge on any atom is 0.270 e. The highest BCUT2D eigenvalue weighted by Gasteiger charge is 2.24. The first-order valence-electron chi connectivity index (χ1n) is 7.67. The molecule has 24 heavy (non-hydrogen) atoms. The van der Waals surface area contributed by atoms with Crippen LogP contribution in [0.5, 0.6) is 0 Å². The summed E-state index contributed by atoms with van der Waals surface area (Å²) < 4.78 is 0. The minimum Gasteiger partial charge on any atom is -0.339 e. The van der Waals surface area contributed by atoms with Gasteiger partial charge in [-0.25, -0.2) is 0 Å². The van der Waals surface area contributed by atoms with E-state index < -0.39 is 4.92 Å². The third-order valence-electron chi connectivity index (χ3n) is 3.78. The maximum absolute atomic E-state index is 12.7. The molecular formula is C18H18N2O4. The molecule has 0 fully saturated rings. The molecule has 2 aromatic rings. The molecule has 0 atom stereocenters. The van der Waals surface area contributed by atoms with Crippen LogP contribution < -0.4 is 0 Å². The third kappa shape index (κ3) is 3.48. The molecule has 0 aliphatic rings. The van der Waals surface area contributed by atoms with Gasteiger partial charge >= 0.3 is 0 Å². The Hall–Kier alpha value is -3.02. The topological polar surface area (TPSA) is 80.5 Å². The number of hydrogen-bond donors (Lipinski definition) is 0. The Labute approximate surface area is 139 Å². The molecule has 6 heteroatoms. The van der Waals surface area contributed by atoms with Gasteiger partial charge in [0.25, 0.3) is 11.6 Å². The van der Waals surface area contributed by atoms with E-state index in [1.54, 1.807) is 30.3 Å². The number of hydrogen-bond acceptors (Lipinski definition) is 4. The quantitative estimate of drug-likeness (QED) is 0.463. The molecule has 0 N–H and O–H groups in total. The van der Waals surface area contributed by atoms with Crippen molar-refractivity contribution in [1.29, 1.82) is 0 Å². The summed E-state index contributed by atoms with van der Waals surface area (Å²) in [6.45, 7) is 4.54. The lowest BCUT2D eigenvalue weighted by Gasteiger charge is -2.20. The van der Waals surface area contributed by atoms with Gasteiger partial charge in [0.05, 0.1) is 10.5 Å². The summed E-state index contributed by atoms with van der Waals surface area (Å²) in [4.78, 5) is 37.4. The second-order valence-electron chi connectivity index (χ2n) is 5.16. The molecule has 0 saturated carbocycles. The zero-order valence-corrected chi connectivity index (χ0v) is 13.6. The molecule has 1 amide bonds. The van der Waals surface area contributed by atoms with Crippen LogP contribution in [0.4, 0.5) is 5.69 Å². The Balaban J connectivity index is 2.57. The lowest BCUT2D eigenvalue weighted by Crippen LogP contribution is -2.31. The minimum atomic E-state index is -0.574. The Bertz CT molecular complexity index is 768. The summed E-state index contributed by atoms with van der Waals surface area (Å²) >= 11 is 0. The molecule has 124 valence electrons. The molecular weight excluding hydrogens is 308 g/mol. The highest BCUT2D eigenvalue weighted by Crippen LogP contribution is 2.22. The van der Waals surface area contributed by atoms with Gasteiger partial charge in [-0.15, -0.1) is 0 Å². The van der Waals surface area contributed by atoms with E-state index in [1.807, 2.05) is 13.8 Å². The number of nitrogens with zero attached hydrogens (tertiary/aromatic N) is 2. The average Bonchev–Trinajstić information content (AvgIpc) is 2.62. The number of carbonyl (C=O) groups excluding carboxylic acids is 2. The molecule has 0 radical (unpaired) electrons. The minimum absolute atomic E-state index is 0.0572. The Morgan fingerprint density at radius 3 is 2.17 bits per heavy atom. The van der Waals surface area contributed by atoms with Gasteiger partial charge < -0.3 is 4.90 Å². The van der Waals surface area contributed by atoms with Crippen LogP contribution in [-0.2, 0) is 0 Å². The van der Waals surface area contributed by atoms with Crippen LogP contribution >= 0.6 is 0 Å². The fourth-order valence-electron chi connectivity index (χ4n) is 2.45. The average molecular weight is 326 g/mol. The molecule has 0 aromatic heterocycles. The monoisotopic (exact) mass is 326 g/mol. The zero-order chi connectivity index (χ0) is 17.7. The second-order valence-corrected chi connectivity index (χ2v) is 5.16. The van der Waals surface area contributed by atoms with Crippen LogP contribution in [0.3, 0.4) is 0 Å². The Morgan fingerprint density at radius 1 is 1.00 bits per heavy atom. The van der Waals surface area contributed by atoms with Crippen molar-refractivity contribution in [2.75, 3.05) is 13.1 Å². The summed E-state index contributed by atoms with van der Waals surface area (Å²) in [7, 11) is 0. The van der Waals surface area contributed by atoms with Crippen molar-refractivity contribution in [3.63, 3.8) is 0 Å². The predicted molar refractivity (Wildman–Crippen MR) is 90.2 cm³/mol. The van der Waals surface area contributed by atoms with E-state index in [0.717, 1.165) is 0 Å². The number of nitro benzene ring substituents is 1. The predicted octanol–water partition coefficient (Wildman–Crippen LogP) is 3.31. The van der Waals surface area contributed by atoms with E-state index >= 15 is 0 Å². The molecule has 0 spiro atoms. The van der Waals surface area contributed by atoms with Crippen molar-refractivity contribution >= 4 is 17.4 Å². The first-order valence-corrected chi connectivity index (χ1v) is 7.67. The number of ketones is 1. The van der Waals surface area contributed by atoms with Gasteiger partial charge in [0.1, 0.15) is 0 Å². The third-order valence-corrected chi connectivity index (χ3v) is 3.78. The van der Waals surface area contributed by atoms with E-state index in [-0.39, 0.29) is 28.5 Å². The summed E-state index contributed by atoms with van der Waals surface area (Å²) in [5.41, 5.74) is 0.445. The van der Waals surface area contributed by atoms with E-state index in [9.17, 15) is 19.7 Å². The number of nitro groups is 1. The van der Waals surface area contributed by atoms with Gasteiger partial charge in [0.2, 0.25) is 0 Å². The van der Waals surface area contributed by atoms with Gasteiger partial charge in [0.15, 0.2) is 5.78 Å². The van der Waals surface area contributed by atoms with Crippen LogP contribution in [0.2, 0.25) is 0 Å². The molecule has 0 saturated heterocycles. The number of non-ortho nitro benzene ring substituents is 1. The molecule has 0 bridgehead atoms. The summed E-state index contributed by atoms with van der Waals surface area (Å²) in [5.74, 6) is -0.719. The van der Waals surface area contributed by atoms with Gasteiger partial charge in [-0.1, -0.05) is 30.3 Å². The lowest BCUT2D eigenvalue weighted by atomic mass is 9.97. The van der Waals surface area contributed by atoms with Crippen LogP contribution in [0, 0.1) is 10.1 Å². The molecule has 2 aromatic carbocycles. The molecule has 0 aliphatic carbocycles. The molecule has 0 heterocycles. The molecule has 2 rings (SSSR count). The molecule has 0 unspecified atom stereocenters. The van der Waals surface area contributed by atoms with E-state index in [2.05, 4.69) is 0 Å². The number of benzene rings is 2. The standard InChI is InChI=1S/C18H18N2O4/c1-3-19(4-2)18(22)16-12-14(20(23)24)10-11-15(16)17(21)13-8-6-5-7-9-13/h5-12H,3-4H2,1-2H3. The zero-order valence-electron chi connectivity index (χ0n) is 13.6. The summed E-state index contributed by atoms with van der Waals surface area (Å²) in [6.07, 6.45) is 0. The van der Waals surface area contributed by atoms with Gasteiger partial charge in [0, 0.05) is 36.3 Å². The van der Waals surface area contributed by atoms with Crippen molar-refractivity contribution in [2.45, 2.75) is 13.8 Å². The fraction of sp³-hybridized carbons (Fsp3) is 0.222. The van der Waals surface area contributed by atoms with Crippen molar-refractivity contribution in [3.8, 4) is 0 Å². The van der Waals surface area contributed by atoms with Gasteiger partial charge in [-0.2, -0.15) is 0 Å². The van der Waals surface area contributed by atoms with Gasteiger partial charge in [-0.3, -0.25) is 19.7 Å². The summed E-state index contributed by atoms with van der Waals surface area (Å²) in [6, 6.07) is 12.3. The van der Waals surface area contributed by atoms with E-state index in [4.69, 9.17) is 0 Å². The largest absolute Gasteiger partial charge is 0.339 e. The van der Waals surface area contributed by atoms with Crippen LogP contribution in [0.15, 0.2) is 48.5 Å². The molecule has 0 aliphatic heterocycles. The number of carbonyl (C=O) groups is 2. The lowest BCUT2D eigenvalue weighted by molar-refractivity contribution is -0.384. The number of rotatable bonds is 6. The second kappa shape index (κ2) is 7.50. The number of amides is 1. The van der Waals surface area contributed by atoms with Crippen molar-refractivity contribution in [3.05, 3.63) is 75.3 Å². The van der Waals surface area contributed by atoms with Crippen LogP contribution in [-0.4, -0.2) is 34.6 Å². The van der Waals surface area contributed by atoms with Crippen molar-refractivity contribution in [2.24, 2.45) is 0 Å². The summed E-state index contributed by atoms with van der Waals surface area (Å²) in [5, 5.41) is 11.0. The fourth-order valence-corrected chi connectivity index (χ4v) is 2.45. The highest BCUT2D eigenvalue weighted by atomic mass is 16.6. The SMILES string of the molecule is CCN(CC)C(=O)c1cc([N+](=O)[O-])ccc1C(=O)c1ccccc1. The first-order chi connectivity index (χ1) is 11.5. The van der Waals surface area contributed by atoms with Gasteiger partial charge in [-0.05, 0) is 19.9 Å². The van der Waals surface area contributed by atoms with Crippen molar-refractivity contribution < 1.29 is 14.5 Å². The van der Waals surface area contributed by atoms with Crippen molar-refractivity contribution in [1.82, 2.24) is 4.90 Å². The van der Waals surface area contributed by atoms with Crippen LogP contribution in [0.1, 0.15) is 40.1 Å². The highest BCUT2D eigenvalue weighted by molar-refractivity contribution is 6.15. The van der Waals surface area contributed by atoms with E-state index in [0.29, 0.717) is 18.7 Å². The Kier molecular flexibility index (Phi) is 5.42. The molecule has 6 nitrogen and oxygen atoms in total. The smallest absolute Gasteiger partial charge is 0.270 e. The van der Waals surface area contributed by atoms with E-state index in [1.165, 1.54) is 23.1 Å². The first kappa shape index (κ1) is 17.3. The maximum atomic E-state index is 12.7. The Morgan fingerprint density at radius 2 is 1.62 bits per heavy atom.